The topological polar surface area (TPSA) is 149 Å². The molecule has 0 spiro atoms. The highest BCUT2D eigenvalue weighted by Gasteiger charge is 2.57. The highest BCUT2D eigenvalue weighted by atomic mass is 35.5. The fraction of sp³-hybridized carbons (Fsp3) is 0.200. The largest absolute Gasteiger partial charge is 0.489 e. The molecule has 44 heavy (non-hydrogen) atoms. The van der Waals surface area contributed by atoms with Crippen molar-refractivity contribution in [2.24, 2.45) is 5.92 Å². The Bertz CT molecular complexity index is 1860. The Labute approximate surface area is 262 Å². The predicted octanol–water partition coefficient (Wildman–Crippen LogP) is 5.55. The van der Waals surface area contributed by atoms with Crippen molar-refractivity contribution in [3.63, 3.8) is 0 Å². The van der Waals surface area contributed by atoms with Gasteiger partial charge in [-0.25, -0.2) is 9.69 Å². The number of anilines is 1. The number of fused-ring (bicyclic) bond motifs is 2. The average Bonchev–Trinajstić information content (AvgIpc) is 3.51. The number of esters is 1. The number of imide groups is 1. The second-order valence-electron chi connectivity index (χ2n) is 9.92. The molecule has 2 amide bonds. The summed E-state index contributed by atoms with van der Waals surface area (Å²) in [7, 11) is 0. The summed E-state index contributed by atoms with van der Waals surface area (Å²) in [5, 5.41) is 11.9. The molecule has 6 rings (SSSR count). The maximum absolute atomic E-state index is 14.1. The van der Waals surface area contributed by atoms with Crippen molar-refractivity contribution in [1.29, 1.82) is 0 Å². The fourth-order valence-electron chi connectivity index (χ4n) is 5.33. The first-order chi connectivity index (χ1) is 21.2. The lowest BCUT2D eigenvalue weighted by atomic mass is 9.82. The molecule has 1 saturated heterocycles. The number of ether oxygens (including phenoxy) is 2. The first-order valence-corrected chi connectivity index (χ1v) is 15.4. The second kappa shape index (κ2) is 11.9. The van der Waals surface area contributed by atoms with E-state index in [-0.39, 0.29) is 40.8 Å². The monoisotopic (exact) mass is 651 g/mol. The lowest BCUT2D eigenvalue weighted by Gasteiger charge is -2.30. The highest BCUT2D eigenvalue weighted by Crippen LogP contribution is 2.55. The lowest BCUT2D eigenvalue weighted by molar-refractivity contribution is -0.385. The van der Waals surface area contributed by atoms with Crippen LogP contribution in [0, 0.1) is 16.0 Å². The number of thiazole rings is 1. The van der Waals surface area contributed by atoms with Gasteiger partial charge in [-0.15, -0.1) is 0 Å². The average molecular weight is 652 g/mol. The summed E-state index contributed by atoms with van der Waals surface area (Å²) in [6, 6.07) is 17.0. The summed E-state index contributed by atoms with van der Waals surface area (Å²) in [5.41, 5.74) is 1.38. The minimum absolute atomic E-state index is 0.0968. The van der Waals surface area contributed by atoms with Crippen LogP contribution >= 0.6 is 34.7 Å². The maximum Gasteiger partial charge on any atom is 0.338 e. The molecule has 1 aromatic heterocycles. The molecule has 0 aliphatic carbocycles. The first-order valence-electron chi connectivity index (χ1n) is 13.4. The predicted molar refractivity (Wildman–Crippen MR) is 164 cm³/mol. The number of aromatic amines is 1. The summed E-state index contributed by atoms with van der Waals surface area (Å²) in [4.78, 5) is 67.8. The number of thioether (sulfide) groups is 1. The SMILES string of the molecule is CCOC(=O)c1ccc(N2C(=O)C3Sc4[nH]c(=O)sc4[C@H](c4cc([N+](=O)[O-])ccc4OCc4ccc(Cl)cc4)C3C2=O)cc1. The van der Waals surface area contributed by atoms with Crippen molar-refractivity contribution in [3.05, 3.63) is 113 Å². The third kappa shape index (κ3) is 5.38. The van der Waals surface area contributed by atoms with Gasteiger partial charge in [0.1, 0.15) is 17.6 Å². The van der Waals surface area contributed by atoms with Crippen LogP contribution in [0.1, 0.15) is 39.2 Å². The smallest absolute Gasteiger partial charge is 0.338 e. The lowest BCUT2D eigenvalue weighted by Crippen LogP contribution is -2.32. The minimum Gasteiger partial charge on any atom is -0.489 e. The number of amides is 2. The third-order valence-corrected chi connectivity index (χ3v) is 9.96. The van der Waals surface area contributed by atoms with Crippen LogP contribution in [0.4, 0.5) is 11.4 Å². The van der Waals surface area contributed by atoms with Gasteiger partial charge in [0.05, 0.1) is 33.7 Å². The van der Waals surface area contributed by atoms with Gasteiger partial charge in [-0.05, 0) is 55.0 Å². The Morgan fingerprint density at radius 3 is 2.45 bits per heavy atom. The molecule has 1 fully saturated rings. The molecule has 11 nitrogen and oxygen atoms in total. The number of nitrogens with zero attached hydrogens (tertiary/aromatic N) is 2. The zero-order valence-electron chi connectivity index (χ0n) is 22.9. The van der Waals surface area contributed by atoms with Gasteiger partial charge in [0.15, 0.2) is 0 Å². The number of halogens is 1. The highest BCUT2D eigenvalue weighted by molar-refractivity contribution is 8.00. The Morgan fingerprint density at radius 1 is 1.05 bits per heavy atom. The molecule has 0 saturated carbocycles. The number of nitro groups is 1. The van der Waals surface area contributed by atoms with Gasteiger partial charge >= 0.3 is 10.8 Å². The minimum atomic E-state index is -1.00. The zero-order valence-corrected chi connectivity index (χ0v) is 25.2. The van der Waals surface area contributed by atoms with Crippen LogP contribution in [-0.2, 0) is 20.9 Å². The molecule has 4 aromatic rings. The molecule has 0 bridgehead atoms. The van der Waals surface area contributed by atoms with E-state index in [1.165, 1.54) is 42.5 Å². The number of nitro benzene ring substituents is 1. The number of carbonyl (C=O) groups excluding carboxylic acids is 3. The van der Waals surface area contributed by atoms with Gasteiger partial charge in [-0.1, -0.05) is 46.8 Å². The number of hydrogen-bond donors (Lipinski definition) is 1. The summed E-state index contributed by atoms with van der Waals surface area (Å²) in [6.45, 7) is 1.98. The molecule has 2 aliphatic rings. The number of benzene rings is 3. The third-order valence-electron chi connectivity index (χ3n) is 7.31. The van der Waals surface area contributed by atoms with Crippen molar-refractivity contribution in [1.82, 2.24) is 4.98 Å². The molecule has 3 heterocycles. The molecule has 0 radical (unpaired) electrons. The Hall–Kier alpha value is -4.46. The van der Waals surface area contributed by atoms with Crippen LogP contribution in [-0.4, -0.2) is 39.5 Å². The van der Waals surface area contributed by atoms with E-state index in [4.69, 9.17) is 21.1 Å². The van der Waals surface area contributed by atoms with Crippen LogP contribution < -0.4 is 14.5 Å². The number of carbonyl (C=O) groups is 3. The Kier molecular flexibility index (Phi) is 8.01. The number of nitrogens with one attached hydrogen (secondary N) is 1. The standard InChI is InChI=1S/C30H22ClN3O8S2/c1-2-41-29(37)16-5-9-18(10-6-16)33-27(35)23-22(24-26(32-30(38)44-24)43-25(23)28(33)36)20-13-19(34(39)40)11-12-21(20)42-14-15-3-7-17(31)8-4-15/h3-13,22-23,25H,2,14H2,1H3,(H,32,38)/t22-,23?,25?/m1/s1. The van der Waals surface area contributed by atoms with Crippen LogP contribution in [0.25, 0.3) is 0 Å². The number of hydrogen-bond acceptors (Lipinski definition) is 10. The van der Waals surface area contributed by atoms with Crippen molar-refractivity contribution in [2.75, 3.05) is 11.5 Å². The van der Waals surface area contributed by atoms with E-state index in [2.05, 4.69) is 4.98 Å². The molecule has 2 aliphatic heterocycles. The van der Waals surface area contributed by atoms with E-state index in [0.717, 1.165) is 33.6 Å². The maximum atomic E-state index is 14.1. The molecule has 224 valence electrons. The van der Waals surface area contributed by atoms with Crippen LogP contribution in [0.5, 0.6) is 5.75 Å². The van der Waals surface area contributed by atoms with Crippen molar-refractivity contribution < 1.29 is 28.8 Å². The second-order valence-corrected chi connectivity index (χ2v) is 12.5. The quantitative estimate of drug-likeness (QED) is 0.112. The zero-order chi connectivity index (χ0) is 31.1. The van der Waals surface area contributed by atoms with Crippen molar-refractivity contribution >= 4 is 63.9 Å². The number of aromatic nitrogens is 1. The van der Waals surface area contributed by atoms with Crippen molar-refractivity contribution in [2.45, 2.75) is 29.7 Å². The van der Waals surface area contributed by atoms with E-state index in [9.17, 15) is 29.3 Å². The molecule has 2 unspecified atom stereocenters. The van der Waals surface area contributed by atoms with Gasteiger partial charge < -0.3 is 14.5 Å². The van der Waals surface area contributed by atoms with E-state index < -0.39 is 39.8 Å². The van der Waals surface area contributed by atoms with Crippen LogP contribution in [0.2, 0.25) is 5.02 Å². The van der Waals surface area contributed by atoms with E-state index in [1.54, 1.807) is 31.2 Å². The summed E-state index contributed by atoms with van der Waals surface area (Å²) >= 11 is 7.97. The molecular weight excluding hydrogens is 630 g/mol. The normalized spacial score (nSPS) is 19.0. The van der Waals surface area contributed by atoms with Gasteiger partial charge in [-0.3, -0.25) is 24.5 Å². The van der Waals surface area contributed by atoms with Gasteiger partial charge in [-0.2, -0.15) is 0 Å². The van der Waals surface area contributed by atoms with E-state index in [1.807, 2.05) is 0 Å². The molecule has 14 heteroatoms. The summed E-state index contributed by atoms with van der Waals surface area (Å²) in [5.74, 6) is -3.22. The Balaban J connectivity index is 1.42. The fourth-order valence-corrected chi connectivity index (χ4v) is 7.97. The van der Waals surface area contributed by atoms with Crippen LogP contribution in [0.3, 0.4) is 0 Å². The number of H-pyrrole nitrogens is 1. The Morgan fingerprint density at radius 2 is 1.77 bits per heavy atom. The van der Waals surface area contributed by atoms with Gasteiger partial charge in [0, 0.05) is 33.5 Å². The van der Waals surface area contributed by atoms with Crippen molar-refractivity contribution in [3.8, 4) is 5.75 Å². The molecular formula is C30H22ClN3O8S2. The van der Waals surface area contributed by atoms with Gasteiger partial charge in [0.25, 0.3) is 5.69 Å². The molecule has 3 aromatic carbocycles. The first kappa shape index (κ1) is 29.6. The van der Waals surface area contributed by atoms with Crippen LogP contribution in [0.15, 0.2) is 76.6 Å². The molecule has 3 atom stereocenters. The van der Waals surface area contributed by atoms with E-state index >= 15 is 0 Å². The number of rotatable bonds is 8. The van der Waals surface area contributed by atoms with Gasteiger partial charge in [0.2, 0.25) is 11.8 Å². The molecule has 1 N–H and O–H groups in total. The number of non-ortho nitro benzene ring substituents is 1. The summed E-state index contributed by atoms with van der Waals surface area (Å²) in [6.07, 6.45) is 0. The van der Waals surface area contributed by atoms with E-state index in [0.29, 0.717) is 20.5 Å². The summed E-state index contributed by atoms with van der Waals surface area (Å²) < 4.78 is 11.2.